The predicted octanol–water partition coefficient (Wildman–Crippen LogP) is -0.414. The maximum absolute atomic E-state index is 10.8. The quantitative estimate of drug-likeness (QED) is 0.616. The number of amides is 1. The van der Waals surface area contributed by atoms with Crippen molar-refractivity contribution in [3.63, 3.8) is 0 Å². The highest BCUT2D eigenvalue weighted by Gasteiger charge is 2.44. The van der Waals surface area contributed by atoms with Crippen LogP contribution in [0.5, 0.6) is 0 Å². The summed E-state index contributed by atoms with van der Waals surface area (Å²) in [5.74, 6) is -1.10. The maximum atomic E-state index is 10.8. The van der Waals surface area contributed by atoms with E-state index in [0.717, 1.165) is 0 Å². The molecule has 1 aliphatic heterocycles. The Morgan fingerprint density at radius 2 is 2.31 bits per heavy atom. The first kappa shape index (κ1) is 9.79. The molecule has 0 radical (unpaired) electrons. The van der Waals surface area contributed by atoms with Gasteiger partial charge in [0.25, 0.3) is 0 Å². The Balaban J connectivity index is 2.68. The lowest BCUT2D eigenvalue weighted by Crippen LogP contribution is -2.55. The minimum atomic E-state index is -1.31. The van der Waals surface area contributed by atoms with Gasteiger partial charge in [0, 0.05) is 13.0 Å². The van der Waals surface area contributed by atoms with Crippen LogP contribution in [0.2, 0.25) is 0 Å². The molecule has 0 aromatic heterocycles. The number of hydrogen-bond acceptors (Lipinski definition) is 4. The number of carboxylic acid groups (broad SMARTS) is 1. The number of alkyl carbamates (subject to hydrolysis) is 1. The van der Waals surface area contributed by atoms with Crippen molar-refractivity contribution in [2.24, 2.45) is 0 Å². The number of ether oxygens (including phenoxy) is 2. The molecule has 1 atom stereocenters. The molecule has 1 unspecified atom stereocenters. The summed E-state index contributed by atoms with van der Waals surface area (Å²) < 4.78 is 9.23. The molecule has 1 saturated heterocycles. The molecule has 0 aromatic carbocycles. The Bertz CT molecular complexity index is 221. The van der Waals surface area contributed by atoms with Gasteiger partial charge in [0.2, 0.25) is 0 Å². The standard InChI is InChI=1S/C7H11NO5/c1-12-6(11)8-7(5(9)10)2-3-13-4-7/h2-4H2,1H3,(H,8,11)(H,9,10). The summed E-state index contributed by atoms with van der Waals surface area (Å²) >= 11 is 0. The topological polar surface area (TPSA) is 84.9 Å². The van der Waals surface area contributed by atoms with Gasteiger partial charge in [-0.2, -0.15) is 0 Å². The molecule has 2 N–H and O–H groups in total. The molecular formula is C7H11NO5. The third-order valence-electron chi connectivity index (χ3n) is 1.96. The molecule has 0 spiro atoms. The van der Waals surface area contributed by atoms with Gasteiger partial charge < -0.3 is 19.9 Å². The molecule has 0 saturated carbocycles. The van der Waals surface area contributed by atoms with Crippen molar-refractivity contribution in [2.75, 3.05) is 20.3 Å². The van der Waals surface area contributed by atoms with Crippen LogP contribution in [0.3, 0.4) is 0 Å². The van der Waals surface area contributed by atoms with Crippen LogP contribution >= 0.6 is 0 Å². The van der Waals surface area contributed by atoms with E-state index >= 15 is 0 Å². The number of methoxy groups -OCH3 is 1. The third-order valence-corrected chi connectivity index (χ3v) is 1.96. The predicted molar refractivity (Wildman–Crippen MR) is 41.3 cm³/mol. The van der Waals surface area contributed by atoms with E-state index in [1.54, 1.807) is 0 Å². The summed E-state index contributed by atoms with van der Waals surface area (Å²) in [6.07, 6.45) is -0.495. The van der Waals surface area contributed by atoms with Crippen molar-refractivity contribution >= 4 is 12.1 Å². The Hall–Kier alpha value is -1.30. The van der Waals surface area contributed by atoms with Crippen LogP contribution in [-0.2, 0) is 14.3 Å². The summed E-state index contributed by atoms with van der Waals surface area (Å²) in [7, 11) is 1.18. The van der Waals surface area contributed by atoms with E-state index in [2.05, 4.69) is 10.1 Å². The van der Waals surface area contributed by atoms with E-state index in [4.69, 9.17) is 9.84 Å². The largest absolute Gasteiger partial charge is 0.479 e. The number of carbonyl (C=O) groups excluding carboxylic acids is 1. The van der Waals surface area contributed by atoms with Crippen molar-refractivity contribution in [1.29, 1.82) is 0 Å². The minimum Gasteiger partial charge on any atom is -0.479 e. The Labute approximate surface area is 74.8 Å². The van der Waals surface area contributed by atoms with Gasteiger partial charge in [0.05, 0.1) is 13.7 Å². The highest BCUT2D eigenvalue weighted by Crippen LogP contribution is 2.18. The molecule has 0 aromatic rings. The molecular weight excluding hydrogens is 178 g/mol. The number of nitrogens with one attached hydrogen (secondary N) is 1. The fraction of sp³-hybridized carbons (Fsp3) is 0.714. The minimum absolute atomic E-state index is 0.0164. The lowest BCUT2D eigenvalue weighted by atomic mass is 10.00. The number of rotatable bonds is 2. The molecule has 6 heteroatoms. The monoisotopic (exact) mass is 189 g/mol. The second kappa shape index (κ2) is 3.61. The van der Waals surface area contributed by atoms with Crippen LogP contribution in [0.25, 0.3) is 0 Å². The summed E-state index contributed by atoms with van der Waals surface area (Å²) in [6.45, 7) is 0.313. The first-order chi connectivity index (χ1) is 6.10. The SMILES string of the molecule is COC(=O)NC1(C(=O)O)CCOC1. The lowest BCUT2D eigenvalue weighted by molar-refractivity contribution is -0.144. The van der Waals surface area contributed by atoms with Gasteiger partial charge in [-0.1, -0.05) is 0 Å². The molecule has 1 rings (SSSR count). The van der Waals surface area contributed by atoms with Crippen molar-refractivity contribution in [3.05, 3.63) is 0 Å². The third kappa shape index (κ3) is 1.89. The van der Waals surface area contributed by atoms with Crippen LogP contribution in [0.4, 0.5) is 4.79 Å². The smallest absolute Gasteiger partial charge is 0.407 e. The van der Waals surface area contributed by atoms with Gasteiger partial charge >= 0.3 is 12.1 Å². The van der Waals surface area contributed by atoms with Gasteiger partial charge in [-0.15, -0.1) is 0 Å². The molecule has 1 amide bonds. The number of carbonyl (C=O) groups is 2. The van der Waals surface area contributed by atoms with Crippen LogP contribution in [-0.4, -0.2) is 43.0 Å². The first-order valence-electron chi connectivity index (χ1n) is 3.78. The van der Waals surface area contributed by atoms with E-state index in [1.165, 1.54) is 7.11 Å². The molecule has 6 nitrogen and oxygen atoms in total. The van der Waals surface area contributed by atoms with Gasteiger partial charge in [-0.05, 0) is 0 Å². The molecule has 1 aliphatic rings. The van der Waals surface area contributed by atoms with Crippen LogP contribution < -0.4 is 5.32 Å². The fourth-order valence-corrected chi connectivity index (χ4v) is 1.13. The van der Waals surface area contributed by atoms with Crippen LogP contribution in [0.15, 0.2) is 0 Å². The van der Waals surface area contributed by atoms with Crippen LogP contribution in [0.1, 0.15) is 6.42 Å². The normalized spacial score (nSPS) is 26.8. The van der Waals surface area contributed by atoms with Gasteiger partial charge in [0.15, 0.2) is 5.54 Å². The van der Waals surface area contributed by atoms with E-state index in [1.807, 2.05) is 0 Å². The van der Waals surface area contributed by atoms with E-state index in [0.29, 0.717) is 6.61 Å². The molecule has 13 heavy (non-hydrogen) atoms. The Morgan fingerprint density at radius 1 is 1.62 bits per heavy atom. The highest BCUT2D eigenvalue weighted by molar-refractivity contribution is 5.84. The zero-order chi connectivity index (χ0) is 9.90. The van der Waals surface area contributed by atoms with E-state index in [-0.39, 0.29) is 13.0 Å². The molecule has 0 bridgehead atoms. The van der Waals surface area contributed by atoms with Crippen molar-refractivity contribution in [2.45, 2.75) is 12.0 Å². The Kier molecular flexibility index (Phi) is 2.72. The molecule has 0 aliphatic carbocycles. The maximum Gasteiger partial charge on any atom is 0.407 e. The lowest BCUT2D eigenvalue weighted by Gasteiger charge is -2.22. The van der Waals surface area contributed by atoms with Crippen molar-refractivity contribution in [3.8, 4) is 0 Å². The van der Waals surface area contributed by atoms with Crippen LogP contribution in [0, 0.1) is 0 Å². The number of carboxylic acids is 1. The summed E-state index contributed by atoms with van der Waals surface area (Å²) in [5, 5.41) is 11.1. The van der Waals surface area contributed by atoms with Crippen molar-refractivity contribution in [1.82, 2.24) is 5.32 Å². The average Bonchev–Trinajstić information content (AvgIpc) is 2.54. The fourth-order valence-electron chi connectivity index (χ4n) is 1.13. The zero-order valence-corrected chi connectivity index (χ0v) is 7.20. The average molecular weight is 189 g/mol. The molecule has 1 heterocycles. The van der Waals surface area contributed by atoms with Gasteiger partial charge in [-0.25, -0.2) is 9.59 Å². The van der Waals surface area contributed by atoms with Crippen molar-refractivity contribution < 1.29 is 24.2 Å². The van der Waals surface area contributed by atoms with E-state index in [9.17, 15) is 9.59 Å². The molecule has 1 fully saturated rings. The van der Waals surface area contributed by atoms with Gasteiger partial charge in [-0.3, -0.25) is 0 Å². The highest BCUT2D eigenvalue weighted by atomic mass is 16.5. The Morgan fingerprint density at radius 3 is 2.69 bits per heavy atom. The summed E-state index contributed by atoms with van der Waals surface area (Å²) in [6, 6.07) is 0. The second-order valence-corrected chi connectivity index (χ2v) is 2.81. The van der Waals surface area contributed by atoms with E-state index < -0.39 is 17.6 Å². The van der Waals surface area contributed by atoms with Gasteiger partial charge in [0.1, 0.15) is 0 Å². The zero-order valence-electron chi connectivity index (χ0n) is 7.20. The first-order valence-corrected chi connectivity index (χ1v) is 3.78. The number of aliphatic carboxylic acids is 1. The second-order valence-electron chi connectivity index (χ2n) is 2.81. The number of hydrogen-bond donors (Lipinski definition) is 2. The summed E-state index contributed by atoms with van der Waals surface area (Å²) in [5.41, 5.74) is -1.31. The summed E-state index contributed by atoms with van der Waals surface area (Å²) in [4.78, 5) is 21.6. The molecule has 74 valence electrons.